The molecule has 1 aliphatic rings. The number of carbonyl (C=O) groups excluding carboxylic acids is 10. The van der Waals surface area contributed by atoms with Crippen molar-refractivity contribution < 1.29 is 47.9 Å². The Bertz CT molecular complexity index is 2540. The van der Waals surface area contributed by atoms with Gasteiger partial charge in [0, 0.05) is 62.9 Å². The molecular weight excluding hydrogens is 975 g/mol. The van der Waals surface area contributed by atoms with Gasteiger partial charge in [-0.2, -0.15) is 0 Å². The fourth-order valence-electron chi connectivity index (χ4n) is 8.13. The van der Waals surface area contributed by atoms with Gasteiger partial charge in [0.15, 0.2) is 11.9 Å². The Labute approximate surface area is 432 Å². The number of amides is 10. The van der Waals surface area contributed by atoms with Crippen LogP contribution < -0.4 is 76.1 Å². The van der Waals surface area contributed by atoms with Gasteiger partial charge in [-0.25, -0.2) is 0 Å². The molecule has 75 heavy (non-hydrogen) atoms. The van der Waals surface area contributed by atoms with Gasteiger partial charge in [0.25, 0.3) is 0 Å². The van der Waals surface area contributed by atoms with E-state index < -0.39 is 108 Å². The van der Waals surface area contributed by atoms with Gasteiger partial charge in [-0.05, 0) is 62.1 Å². The molecule has 0 spiro atoms. The first-order chi connectivity index (χ1) is 35.7. The molecule has 1 aliphatic heterocycles. The maximum Gasteiger partial charge on any atom is 0.243 e. The third-order valence-electron chi connectivity index (χ3n) is 11.9. The first-order valence-electron chi connectivity index (χ1n) is 24.4. The monoisotopic (exact) mass is 1040 g/mol. The van der Waals surface area contributed by atoms with E-state index in [1.54, 1.807) is 54.7 Å². The topological polar surface area (TPSA) is 459 Å². The second kappa shape index (κ2) is 29.7. The van der Waals surface area contributed by atoms with Crippen LogP contribution in [0.3, 0.4) is 0 Å². The summed E-state index contributed by atoms with van der Waals surface area (Å²) in [6.07, 6.45) is 0.0511. The van der Waals surface area contributed by atoms with Crippen LogP contribution in [0.4, 0.5) is 0 Å². The van der Waals surface area contributed by atoms with Gasteiger partial charge in [-0.15, -0.1) is 0 Å². The third kappa shape index (κ3) is 20.3. The van der Waals surface area contributed by atoms with Crippen LogP contribution in [0.15, 0.2) is 60.8 Å². The van der Waals surface area contributed by atoms with E-state index in [1.165, 1.54) is 6.92 Å². The normalized spacial score (nSPS) is 21.0. The van der Waals surface area contributed by atoms with E-state index in [0.717, 1.165) is 10.9 Å². The highest BCUT2D eigenvalue weighted by atomic mass is 16.2. The van der Waals surface area contributed by atoms with Crippen molar-refractivity contribution in [1.29, 1.82) is 10.8 Å². The van der Waals surface area contributed by atoms with E-state index in [9.17, 15) is 47.9 Å². The van der Waals surface area contributed by atoms with E-state index in [0.29, 0.717) is 11.1 Å². The van der Waals surface area contributed by atoms with Crippen LogP contribution in [0, 0.1) is 10.8 Å². The second-order valence-electron chi connectivity index (χ2n) is 17.9. The molecule has 1 saturated heterocycles. The maximum atomic E-state index is 14.5. The molecule has 1 fully saturated rings. The number of carbonyl (C=O) groups is 10. The van der Waals surface area contributed by atoms with E-state index in [2.05, 4.69) is 58.2 Å². The Morgan fingerprint density at radius 3 is 1.93 bits per heavy atom. The van der Waals surface area contributed by atoms with Crippen LogP contribution in [-0.2, 0) is 60.8 Å². The Hall–Kier alpha value is -8.78. The number of benzene rings is 2. The molecule has 3 aromatic rings. The van der Waals surface area contributed by atoms with Crippen molar-refractivity contribution in [2.45, 2.75) is 120 Å². The number of rotatable bonds is 18. The molecule has 10 amide bonds. The van der Waals surface area contributed by atoms with Gasteiger partial charge in [0.2, 0.25) is 59.1 Å². The average molecular weight is 1040 g/mol. The van der Waals surface area contributed by atoms with Crippen molar-refractivity contribution >= 4 is 81.9 Å². The highest BCUT2D eigenvalue weighted by Crippen LogP contribution is 2.20. The van der Waals surface area contributed by atoms with Crippen molar-refractivity contribution in [3.05, 3.63) is 71.9 Å². The molecule has 4 rings (SSSR count). The maximum absolute atomic E-state index is 14.5. The van der Waals surface area contributed by atoms with Crippen LogP contribution in [0.1, 0.15) is 75.8 Å². The van der Waals surface area contributed by atoms with Gasteiger partial charge in [0.05, 0.1) is 6.42 Å². The summed E-state index contributed by atoms with van der Waals surface area (Å²) < 4.78 is 0. The summed E-state index contributed by atoms with van der Waals surface area (Å²) in [7, 11) is 0. The van der Waals surface area contributed by atoms with Gasteiger partial charge >= 0.3 is 0 Å². The molecule has 27 nitrogen and oxygen atoms in total. The number of primary amides is 2. The highest BCUT2D eigenvalue weighted by Gasteiger charge is 2.35. The summed E-state index contributed by atoms with van der Waals surface area (Å²) in [5.74, 6) is -9.37. The quantitative estimate of drug-likeness (QED) is 0.0328. The highest BCUT2D eigenvalue weighted by molar-refractivity contribution is 5.99. The van der Waals surface area contributed by atoms with E-state index in [4.69, 9.17) is 33.8 Å². The fraction of sp³-hybridized carbons (Fsp3) is 0.458. The second-order valence-corrected chi connectivity index (χ2v) is 17.9. The lowest BCUT2D eigenvalue weighted by Crippen LogP contribution is -2.61. The molecule has 2 aromatic carbocycles. The molecule has 21 N–H and O–H groups in total. The van der Waals surface area contributed by atoms with Crippen molar-refractivity contribution in [2.24, 2.45) is 22.9 Å². The van der Waals surface area contributed by atoms with Crippen molar-refractivity contribution in [3.63, 3.8) is 0 Å². The standard InChI is InChI=1S/C48H69N17O10/c1-26(66)59-32(14-8-20-56-47(51)52)41(70)61-33-15-7-19-55-39(68)18-17-31(40(50)69)60-45(74)36(23-28-25-58-30-13-6-5-12-29(28)30)64-42(71)34(16-9-21-57-48(53)54)62-44(73)35(22-27-10-3-2-4-11-27)63-46(75)37(24-38(49)67)65-43(33)72/h2-6,10-13,25,31-37,58H,7-9,14-24H2,1H3,(H2,49,67)(H2,50,69)(H,55,68)(H,59,66)(H,60,74)(H,61,70)(H,62,73)(H,63,75)(H,64,71)(H,65,72)(H4,51,52,56)(H4,53,54,57)/t31?,32-,33-,34-,35+,36-,37-/m0/s1. The molecule has 0 radical (unpaired) electrons. The Balaban J connectivity index is 1.77. The minimum absolute atomic E-state index is 0.0145. The number of para-hydroxylation sites is 1. The predicted octanol–water partition coefficient (Wildman–Crippen LogP) is -4.06. The number of nitrogens with one attached hydrogen (secondary N) is 13. The summed E-state index contributed by atoms with van der Waals surface area (Å²) in [6, 6.07) is 5.44. The van der Waals surface area contributed by atoms with E-state index in [-0.39, 0.29) is 95.8 Å². The zero-order chi connectivity index (χ0) is 55.0. The number of H-pyrrole nitrogens is 1. The third-order valence-corrected chi connectivity index (χ3v) is 11.9. The Morgan fingerprint density at radius 1 is 0.693 bits per heavy atom. The number of hydrogen-bond donors (Lipinski definition) is 17. The number of aromatic nitrogens is 1. The average Bonchev–Trinajstić information content (AvgIpc) is 3.76. The molecule has 7 atom stereocenters. The van der Waals surface area contributed by atoms with Crippen molar-refractivity contribution in [3.8, 4) is 0 Å². The molecule has 1 unspecified atom stereocenters. The minimum Gasteiger partial charge on any atom is -0.370 e. The van der Waals surface area contributed by atoms with Crippen LogP contribution >= 0.6 is 0 Å². The van der Waals surface area contributed by atoms with Crippen LogP contribution in [0.5, 0.6) is 0 Å². The van der Waals surface area contributed by atoms with Gasteiger partial charge in [-0.3, -0.25) is 58.8 Å². The molecular formula is C48H69N17O10. The van der Waals surface area contributed by atoms with Gasteiger partial charge in [0.1, 0.15) is 42.3 Å². The first kappa shape index (κ1) is 58.8. The first-order valence-corrected chi connectivity index (χ1v) is 24.4. The smallest absolute Gasteiger partial charge is 0.243 e. The molecule has 406 valence electrons. The SMILES string of the molecule is CC(=O)N[C@@H](CCCNC(=N)N)C(=O)N[C@H]1CCCNC(=O)CCC(C(N)=O)NC(=O)[C@H](Cc2c[nH]c3ccccc23)NC(=O)[C@H](CCCNC(=N)N)NC(=O)[C@@H](Cc2ccccc2)NC(=O)[C@H](CC(N)=O)NC1=O. The van der Waals surface area contributed by atoms with Crippen LogP contribution in [0.25, 0.3) is 10.9 Å². The van der Waals surface area contributed by atoms with Crippen molar-refractivity contribution in [2.75, 3.05) is 19.6 Å². The lowest BCUT2D eigenvalue weighted by molar-refractivity contribution is -0.136. The molecule has 27 heteroatoms. The number of fused-ring (bicyclic) bond motifs is 1. The van der Waals surface area contributed by atoms with Gasteiger partial charge in [-0.1, -0.05) is 48.5 Å². The summed E-state index contributed by atoms with van der Waals surface area (Å²) in [5, 5.41) is 41.7. The van der Waals surface area contributed by atoms with Gasteiger partial charge < -0.3 is 81.1 Å². The lowest BCUT2D eigenvalue weighted by Gasteiger charge is -2.28. The predicted molar refractivity (Wildman–Crippen MR) is 274 cm³/mol. The summed E-state index contributed by atoms with van der Waals surface area (Å²) in [6.45, 7) is 1.33. The van der Waals surface area contributed by atoms with Crippen LogP contribution in [-0.4, -0.2) is 138 Å². The molecule has 1 aromatic heterocycles. The zero-order valence-corrected chi connectivity index (χ0v) is 41.6. The number of guanidine groups is 2. The number of nitrogens with two attached hydrogens (primary N) is 4. The van der Waals surface area contributed by atoms with Crippen LogP contribution in [0.2, 0.25) is 0 Å². The molecule has 0 aliphatic carbocycles. The largest absolute Gasteiger partial charge is 0.370 e. The molecule has 2 heterocycles. The minimum atomic E-state index is -1.75. The Kier molecular flexibility index (Phi) is 23.3. The van der Waals surface area contributed by atoms with E-state index in [1.807, 2.05) is 6.07 Å². The number of hydrogen-bond acceptors (Lipinski definition) is 12. The summed E-state index contributed by atoms with van der Waals surface area (Å²) in [4.78, 5) is 139. The fourth-order valence-corrected chi connectivity index (χ4v) is 8.13. The number of aromatic amines is 1. The summed E-state index contributed by atoms with van der Waals surface area (Å²) >= 11 is 0. The lowest BCUT2D eigenvalue weighted by atomic mass is 10.0. The molecule has 0 saturated carbocycles. The zero-order valence-electron chi connectivity index (χ0n) is 41.6. The summed E-state index contributed by atoms with van der Waals surface area (Å²) in [5.41, 5.74) is 24.0. The van der Waals surface area contributed by atoms with Crippen molar-refractivity contribution in [1.82, 2.24) is 58.2 Å². The molecule has 0 bridgehead atoms. The Morgan fingerprint density at radius 2 is 1.28 bits per heavy atom. The van der Waals surface area contributed by atoms with E-state index >= 15 is 0 Å².